The van der Waals surface area contributed by atoms with Gasteiger partial charge in [-0.2, -0.15) is 0 Å². The molecule has 4 nitrogen and oxygen atoms in total. The second-order valence-corrected chi connectivity index (χ2v) is 7.06. The Hall–Kier alpha value is -2.62. The molecule has 1 heterocycles. The van der Waals surface area contributed by atoms with Gasteiger partial charge in [-0.25, -0.2) is 0 Å². The average molecular weight is 336 g/mol. The molecule has 0 saturated carbocycles. The van der Waals surface area contributed by atoms with Crippen molar-refractivity contribution in [2.75, 3.05) is 16.8 Å². The minimum Gasteiger partial charge on any atom is -0.326 e. The number of nitrogens with zero attached hydrogens (tertiary/aromatic N) is 1. The Labute approximate surface area is 148 Å². The van der Waals surface area contributed by atoms with Gasteiger partial charge in [0.05, 0.1) is 5.92 Å². The van der Waals surface area contributed by atoms with Crippen LogP contribution in [0.2, 0.25) is 0 Å². The van der Waals surface area contributed by atoms with Crippen molar-refractivity contribution in [3.8, 4) is 0 Å². The Morgan fingerprint density at radius 2 is 1.68 bits per heavy atom. The first-order chi connectivity index (χ1) is 11.8. The summed E-state index contributed by atoms with van der Waals surface area (Å²) in [6.45, 7) is 8.43. The van der Waals surface area contributed by atoms with Gasteiger partial charge < -0.3 is 10.2 Å². The predicted molar refractivity (Wildman–Crippen MR) is 101 cm³/mol. The molecule has 130 valence electrons. The van der Waals surface area contributed by atoms with E-state index < -0.39 is 0 Å². The largest absolute Gasteiger partial charge is 0.326 e. The van der Waals surface area contributed by atoms with Crippen LogP contribution in [0.3, 0.4) is 0 Å². The first-order valence-corrected chi connectivity index (χ1v) is 8.60. The quantitative estimate of drug-likeness (QED) is 0.924. The molecule has 3 rings (SSSR count). The smallest absolute Gasteiger partial charge is 0.229 e. The van der Waals surface area contributed by atoms with Crippen molar-refractivity contribution in [3.63, 3.8) is 0 Å². The van der Waals surface area contributed by atoms with Gasteiger partial charge in [0.25, 0.3) is 0 Å². The maximum atomic E-state index is 12.6. The summed E-state index contributed by atoms with van der Waals surface area (Å²) in [7, 11) is 0. The fourth-order valence-electron chi connectivity index (χ4n) is 3.34. The lowest BCUT2D eigenvalue weighted by molar-refractivity contribution is -0.122. The summed E-state index contributed by atoms with van der Waals surface area (Å²) in [6, 6.07) is 12.0. The van der Waals surface area contributed by atoms with Crippen LogP contribution >= 0.6 is 0 Å². The van der Waals surface area contributed by atoms with Crippen molar-refractivity contribution >= 4 is 23.2 Å². The van der Waals surface area contributed by atoms with E-state index >= 15 is 0 Å². The highest BCUT2D eigenvalue weighted by Gasteiger charge is 2.35. The number of amides is 2. The van der Waals surface area contributed by atoms with Crippen LogP contribution in [0, 0.1) is 33.6 Å². The molecule has 0 spiro atoms. The van der Waals surface area contributed by atoms with E-state index in [0.717, 1.165) is 33.6 Å². The van der Waals surface area contributed by atoms with Crippen molar-refractivity contribution in [1.29, 1.82) is 0 Å². The molecule has 2 aromatic rings. The molecule has 0 aromatic heterocycles. The van der Waals surface area contributed by atoms with E-state index in [2.05, 4.69) is 11.4 Å². The third kappa shape index (κ3) is 3.73. The number of hydrogen-bond donors (Lipinski definition) is 1. The lowest BCUT2D eigenvalue weighted by atomic mass is 10.1. The van der Waals surface area contributed by atoms with Crippen LogP contribution in [0.4, 0.5) is 11.4 Å². The molecule has 1 atom stereocenters. The van der Waals surface area contributed by atoms with Gasteiger partial charge in [0, 0.05) is 24.3 Å². The van der Waals surface area contributed by atoms with Gasteiger partial charge in [-0.3, -0.25) is 9.59 Å². The van der Waals surface area contributed by atoms with Crippen LogP contribution < -0.4 is 10.2 Å². The Balaban J connectivity index is 1.75. The Morgan fingerprint density at radius 1 is 1.00 bits per heavy atom. The molecule has 1 aliphatic rings. The van der Waals surface area contributed by atoms with Crippen molar-refractivity contribution in [3.05, 3.63) is 58.7 Å². The third-order valence-electron chi connectivity index (χ3n) is 4.66. The Kier molecular flexibility index (Phi) is 4.62. The van der Waals surface area contributed by atoms with Crippen LogP contribution in [0.1, 0.15) is 28.7 Å². The Bertz CT molecular complexity index is 822. The zero-order valence-electron chi connectivity index (χ0n) is 15.2. The van der Waals surface area contributed by atoms with Crippen molar-refractivity contribution < 1.29 is 9.59 Å². The molecular weight excluding hydrogens is 312 g/mol. The van der Waals surface area contributed by atoms with E-state index in [1.54, 1.807) is 4.90 Å². The third-order valence-corrected chi connectivity index (χ3v) is 4.66. The molecule has 0 radical (unpaired) electrons. The van der Waals surface area contributed by atoms with E-state index in [0.29, 0.717) is 6.54 Å². The summed E-state index contributed by atoms with van der Waals surface area (Å²) in [5.74, 6) is -0.409. The zero-order chi connectivity index (χ0) is 18.1. The van der Waals surface area contributed by atoms with E-state index in [4.69, 9.17) is 0 Å². The number of rotatable bonds is 3. The SMILES string of the molecule is Cc1cc(C)cc(N2C[C@H](C(=O)Nc3cc(C)ccc3C)CC2=O)c1. The highest BCUT2D eigenvalue weighted by Crippen LogP contribution is 2.28. The molecule has 0 bridgehead atoms. The van der Waals surface area contributed by atoms with Crippen LogP contribution in [0.15, 0.2) is 36.4 Å². The molecule has 1 fully saturated rings. The summed E-state index contributed by atoms with van der Waals surface area (Å²) in [4.78, 5) is 26.8. The molecule has 25 heavy (non-hydrogen) atoms. The number of carbonyl (C=O) groups excluding carboxylic acids is 2. The highest BCUT2D eigenvalue weighted by molar-refractivity contribution is 6.03. The van der Waals surface area contributed by atoms with Gasteiger partial charge in [0.2, 0.25) is 11.8 Å². The zero-order valence-corrected chi connectivity index (χ0v) is 15.2. The summed E-state index contributed by atoms with van der Waals surface area (Å²) in [6.07, 6.45) is 0.254. The molecule has 2 aromatic carbocycles. The molecule has 1 saturated heterocycles. The average Bonchev–Trinajstić information content (AvgIpc) is 2.92. The van der Waals surface area contributed by atoms with Gasteiger partial charge >= 0.3 is 0 Å². The van der Waals surface area contributed by atoms with Gasteiger partial charge in [-0.1, -0.05) is 18.2 Å². The van der Waals surface area contributed by atoms with E-state index in [9.17, 15) is 9.59 Å². The molecule has 0 aliphatic carbocycles. The lowest BCUT2D eigenvalue weighted by Crippen LogP contribution is -2.28. The van der Waals surface area contributed by atoms with E-state index in [-0.39, 0.29) is 24.2 Å². The van der Waals surface area contributed by atoms with Crippen LogP contribution in [0.5, 0.6) is 0 Å². The molecule has 1 aliphatic heterocycles. The minimum absolute atomic E-state index is 0.00566. The van der Waals surface area contributed by atoms with Gasteiger partial charge in [-0.15, -0.1) is 0 Å². The number of anilines is 2. The molecule has 4 heteroatoms. The van der Waals surface area contributed by atoms with Crippen molar-refractivity contribution in [2.24, 2.45) is 5.92 Å². The van der Waals surface area contributed by atoms with Gasteiger partial charge in [0.1, 0.15) is 0 Å². The number of benzene rings is 2. The molecule has 2 amide bonds. The van der Waals surface area contributed by atoms with Crippen molar-refractivity contribution in [2.45, 2.75) is 34.1 Å². The van der Waals surface area contributed by atoms with E-state index in [1.807, 2.05) is 58.0 Å². The fourth-order valence-corrected chi connectivity index (χ4v) is 3.34. The first kappa shape index (κ1) is 17.2. The Morgan fingerprint density at radius 3 is 2.36 bits per heavy atom. The highest BCUT2D eigenvalue weighted by atomic mass is 16.2. The topological polar surface area (TPSA) is 49.4 Å². The summed E-state index contributed by atoms with van der Waals surface area (Å²) >= 11 is 0. The maximum Gasteiger partial charge on any atom is 0.229 e. The number of nitrogens with one attached hydrogen (secondary N) is 1. The van der Waals surface area contributed by atoms with Crippen molar-refractivity contribution in [1.82, 2.24) is 0 Å². The monoisotopic (exact) mass is 336 g/mol. The second-order valence-electron chi connectivity index (χ2n) is 7.06. The molecule has 1 N–H and O–H groups in total. The standard InChI is InChI=1S/C21H24N2O2/c1-13-5-6-16(4)19(10-13)22-21(25)17-11-20(24)23(12-17)18-8-14(2)7-15(3)9-18/h5-10,17H,11-12H2,1-4H3,(H,22,25)/t17-/m1/s1. The van der Waals surface area contributed by atoms with Crippen LogP contribution in [-0.2, 0) is 9.59 Å². The van der Waals surface area contributed by atoms with Crippen LogP contribution in [-0.4, -0.2) is 18.4 Å². The minimum atomic E-state index is -0.326. The normalized spacial score (nSPS) is 17.0. The van der Waals surface area contributed by atoms with Gasteiger partial charge in [-0.05, 0) is 68.1 Å². The lowest BCUT2D eigenvalue weighted by Gasteiger charge is -2.18. The number of aryl methyl sites for hydroxylation is 4. The van der Waals surface area contributed by atoms with Gasteiger partial charge in [0.15, 0.2) is 0 Å². The van der Waals surface area contributed by atoms with E-state index in [1.165, 1.54) is 0 Å². The second kappa shape index (κ2) is 6.71. The van der Waals surface area contributed by atoms with Crippen LogP contribution in [0.25, 0.3) is 0 Å². The maximum absolute atomic E-state index is 12.6. The summed E-state index contributed by atoms with van der Waals surface area (Å²) in [5, 5.41) is 2.99. The first-order valence-electron chi connectivity index (χ1n) is 8.60. The fraction of sp³-hybridized carbons (Fsp3) is 0.333. The molecule has 0 unspecified atom stereocenters. The predicted octanol–water partition coefficient (Wildman–Crippen LogP) is 3.91. The molecular formula is C21H24N2O2. The summed E-state index contributed by atoms with van der Waals surface area (Å²) < 4.78 is 0. The number of hydrogen-bond acceptors (Lipinski definition) is 2. The summed E-state index contributed by atoms with van der Waals surface area (Å²) in [5.41, 5.74) is 6.05. The number of carbonyl (C=O) groups is 2.